The molecule has 1 saturated carbocycles. The van der Waals surface area contributed by atoms with Gasteiger partial charge in [-0.1, -0.05) is 18.9 Å². The highest BCUT2D eigenvalue weighted by Gasteiger charge is 2.35. The zero-order valence-corrected chi connectivity index (χ0v) is 19.6. The van der Waals surface area contributed by atoms with Crippen molar-refractivity contribution in [2.45, 2.75) is 50.6 Å². The van der Waals surface area contributed by atoms with Crippen LogP contribution in [0.2, 0.25) is 0 Å². The van der Waals surface area contributed by atoms with Gasteiger partial charge in [0.05, 0.1) is 18.7 Å². The van der Waals surface area contributed by atoms with Crippen LogP contribution in [0.3, 0.4) is 0 Å². The average molecular weight is 480 g/mol. The minimum atomic E-state index is -0.994. The van der Waals surface area contributed by atoms with Gasteiger partial charge >= 0.3 is 5.97 Å². The van der Waals surface area contributed by atoms with Crippen LogP contribution >= 0.6 is 0 Å². The Bertz CT molecular complexity index is 1180. The van der Waals surface area contributed by atoms with Crippen molar-refractivity contribution in [1.82, 2.24) is 20.9 Å². The number of carbonyl (C=O) groups excluding carboxylic acids is 4. The van der Waals surface area contributed by atoms with Crippen molar-refractivity contribution in [2.75, 3.05) is 13.7 Å². The quantitative estimate of drug-likeness (QED) is 0.400. The molecule has 3 atom stereocenters. The number of aromatic nitrogens is 1. The third-order valence-electron chi connectivity index (χ3n) is 6.64. The Morgan fingerprint density at radius 1 is 1.17 bits per heavy atom. The topological polar surface area (TPSA) is 153 Å². The van der Waals surface area contributed by atoms with Crippen LogP contribution in [0.1, 0.15) is 54.6 Å². The van der Waals surface area contributed by atoms with Gasteiger partial charge in [-0.25, -0.2) is 4.79 Å². The molecule has 1 aromatic carbocycles. The number of esters is 1. The van der Waals surface area contributed by atoms with Crippen molar-refractivity contribution >= 4 is 34.6 Å². The molecule has 3 amide bonds. The van der Waals surface area contributed by atoms with Crippen LogP contribution in [-0.2, 0) is 19.1 Å². The number of nitriles is 1. The van der Waals surface area contributed by atoms with E-state index < -0.39 is 35.8 Å². The molecular formula is C25H29N5O5. The number of amides is 3. The van der Waals surface area contributed by atoms with Gasteiger partial charge < -0.3 is 25.7 Å². The second kappa shape index (κ2) is 10.6. The number of nitrogens with one attached hydrogen (secondary N) is 4. The van der Waals surface area contributed by atoms with Crippen LogP contribution < -0.4 is 16.0 Å². The molecule has 184 valence electrons. The smallest absolute Gasteiger partial charge is 0.328 e. The molecule has 10 nitrogen and oxygen atoms in total. The lowest BCUT2D eigenvalue weighted by atomic mass is 9.91. The number of piperidine rings is 1. The number of methoxy groups -OCH3 is 1. The Hall–Kier alpha value is -3.87. The van der Waals surface area contributed by atoms with E-state index in [0.717, 1.165) is 19.3 Å². The molecule has 0 bridgehead atoms. The Morgan fingerprint density at radius 2 is 1.97 bits per heavy atom. The van der Waals surface area contributed by atoms with Gasteiger partial charge in [0.25, 0.3) is 5.91 Å². The number of rotatable bonds is 9. The predicted octanol–water partition coefficient (Wildman–Crippen LogP) is 1.51. The molecule has 1 aromatic heterocycles. The highest BCUT2D eigenvalue weighted by molar-refractivity contribution is 6.01. The maximum Gasteiger partial charge on any atom is 0.328 e. The number of hydrogen-bond donors (Lipinski definition) is 4. The molecule has 2 aromatic rings. The summed E-state index contributed by atoms with van der Waals surface area (Å²) in [6, 6.07) is 7.00. The molecule has 0 unspecified atom stereocenters. The summed E-state index contributed by atoms with van der Waals surface area (Å²) in [6.07, 6.45) is 3.95. The van der Waals surface area contributed by atoms with Gasteiger partial charge in [0.2, 0.25) is 11.8 Å². The fourth-order valence-electron chi connectivity index (χ4n) is 4.50. The Labute approximate surface area is 202 Å². The van der Waals surface area contributed by atoms with E-state index in [2.05, 4.69) is 27.0 Å². The van der Waals surface area contributed by atoms with Crippen molar-refractivity contribution in [3.63, 3.8) is 0 Å². The summed E-state index contributed by atoms with van der Waals surface area (Å²) < 4.78 is 4.87. The normalized spacial score (nSPS) is 19.2. The van der Waals surface area contributed by atoms with Crippen molar-refractivity contribution < 1.29 is 23.9 Å². The van der Waals surface area contributed by atoms with Gasteiger partial charge in [0, 0.05) is 23.4 Å². The van der Waals surface area contributed by atoms with Crippen molar-refractivity contribution in [2.24, 2.45) is 11.8 Å². The van der Waals surface area contributed by atoms with Crippen LogP contribution in [-0.4, -0.2) is 54.4 Å². The first-order valence-electron chi connectivity index (χ1n) is 11.9. The standard InChI is InChI=1S/C25H29N5O5/c1-35-25(34)21(11-15-5-3-9-27-22(15)31)30-23(32)19(10-14-7-8-14)29-24(33)20-12-17-16(13-26)4-2-6-18(17)28-20/h2,4,6,12,14-15,19,21,28H,3,5,7-11H2,1H3,(H,27,31)(H,29,33)(H,30,32)/t15-,19-,21-/m0/s1. The number of nitrogens with zero attached hydrogens (tertiary/aromatic N) is 1. The van der Waals surface area contributed by atoms with Gasteiger partial charge in [-0.15, -0.1) is 0 Å². The fraction of sp³-hybridized carbons (Fsp3) is 0.480. The number of hydrogen-bond acceptors (Lipinski definition) is 6. The van der Waals surface area contributed by atoms with E-state index >= 15 is 0 Å². The van der Waals surface area contributed by atoms with E-state index in [1.165, 1.54) is 7.11 Å². The summed E-state index contributed by atoms with van der Waals surface area (Å²) in [6.45, 7) is 0.601. The first kappa shape index (κ1) is 24.3. The van der Waals surface area contributed by atoms with Crippen LogP contribution in [0.25, 0.3) is 10.9 Å². The zero-order chi connectivity index (χ0) is 24.9. The van der Waals surface area contributed by atoms with Crippen molar-refractivity contribution in [3.8, 4) is 6.07 Å². The van der Waals surface area contributed by atoms with Crippen LogP contribution in [0.5, 0.6) is 0 Å². The zero-order valence-electron chi connectivity index (χ0n) is 19.6. The lowest BCUT2D eigenvalue weighted by Gasteiger charge is -2.27. The van der Waals surface area contributed by atoms with E-state index in [1.54, 1.807) is 24.3 Å². The van der Waals surface area contributed by atoms with Crippen molar-refractivity contribution in [3.05, 3.63) is 35.5 Å². The predicted molar refractivity (Wildman–Crippen MR) is 126 cm³/mol. The SMILES string of the molecule is COC(=O)[C@H](C[C@@H]1CCCNC1=O)NC(=O)[C@H](CC1CC1)NC(=O)c1cc2c(C#N)cccc2[nH]1. The maximum atomic E-state index is 13.2. The number of benzene rings is 1. The third kappa shape index (κ3) is 5.80. The van der Waals surface area contributed by atoms with E-state index in [1.807, 2.05) is 0 Å². The van der Waals surface area contributed by atoms with Gasteiger partial charge in [-0.05, 0) is 49.8 Å². The molecule has 1 aliphatic carbocycles. The molecule has 4 rings (SSSR count). The number of H-pyrrole nitrogens is 1. The number of carbonyl (C=O) groups is 4. The lowest BCUT2D eigenvalue weighted by Crippen LogP contribution is -2.53. The second-order valence-electron chi connectivity index (χ2n) is 9.22. The van der Waals surface area contributed by atoms with Gasteiger partial charge in [-0.2, -0.15) is 5.26 Å². The van der Waals surface area contributed by atoms with Crippen LogP contribution in [0.4, 0.5) is 0 Å². The summed E-state index contributed by atoms with van der Waals surface area (Å²) in [4.78, 5) is 53.8. The minimum absolute atomic E-state index is 0.132. The van der Waals surface area contributed by atoms with Crippen molar-refractivity contribution in [1.29, 1.82) is 5.26 Å². The average Bonchev–Trinajstić information content (AvgIpc) is 3.57. The molecular weight excluding hydrogens is 450 g/mol. The Kier molecular flexibility index (Phi) is 7.34. The Balaban J connectivity index is 1.48. The highest BCUT2D eigenvalue weighted by Crippen LogP contribution is 2.33. The van der Waals surface area contributed by atoms with Gasteiger partial charge in [-0.3, -0.25) is 14.4 Å². The van der Waals surface area contributed by atoms with Gasteiger partial charge in [0.1, 0.15) is 17.8 Å². The molecule has 0 radical (unpaired) electrons. The summed E-state index contributed by atoms with van der Waals surface area (Å²) in [7, 11) is 1.23. The number of fused-ring (bicyclic) bond motifs is 1. The number of aromatic amines is 1. The molecule has 4 N–H and O–H groups in total. The molecule has 10 heteroatoms. The summed E-state index contributed by atoms with van der Waals surface area (Å²) >= 11 is 0. The summed E-state index contributed by atoms with van der Waals surface area (Å²) in [5.74, 6) is -1.83. The van der Waals surface area contributed by atoms with Gasteiger partial charge in [0.15, 0.2) is 0 Å². The second-order valence-corrected chi connectivity index (χ2v) is 9.22. The Morgan fingerprint density at radius 3 is 2.66 bits per heavy atom. The summed E-state index contributed by atoms with van der Waals surface area (Å²) in [5.41, 5.74) is 1.33. The first-order chi connectivity index (χ1) is 16.9. The molecule has 1 saturated heterocycles. The molecule has 2 fully saturated rings. The lowest BCUT2D eigenvalue weighted by molar-refractivity contribution is -0.146. The monoisotopic (exact) mass is 479 g/mol. The molecule has 2 heterocycles. The van der Waals surface area contributed by atoms with Crippen LogP contribution in [0.15, 0.2) is 24.3 Å². The first-order valence-corrected chi connectivity index (χ1v) is 11.9. The fourth-order valence-corrected chi connectivity index (χ4v) is 4.50. The van der Waals surface area contributed by atoms with Crippen LogP contribution in [0, 0.1) is 23.2 Å². The largest absolute Gasteiger partial charge is 0.467 e. The molecule has 2 aliphatic rings. The maximum absolute atomic E-state index is 13.2. The van der Waals surface area contributed by atoms with E-state index in [0.29, 0.717) is 41.8 Å². The molecule has 35 heavy (non-hydrogen) atoms. The molecule has 1 aliphatic heterocycles. The summed E-state index contributed by atoms with van der Waals surface area (Å²) in [5, 5.41) is 18.2. The molecule has 0 spiro atoms. The van der Waals surface area contributed by atoms with E-state index in [-0.39, 0.29) is 18.0 Å². The van der Waals surface area contributed by atoms with E-state index in [4.69, 9.17) is 4.74 Å². The highest BCUT2D eigenvalue weighted by atomic mass is 16.5. The third-order valence-corrected chi connectivity index (χ3v) is 6.64. The van der Waals surface area contributed by atoms with E-state index in [9.17, 15) is 24.4 Å². The number of ether oxygens (including phenoxy) is 1. The minimum Gasteiger partial charge on any atom is -0.467 e.